The number of thiophene rings is 1. The quantitative estimate of drug-likeness (QED) is 0.161. The maximum absolute atomic E-state index is 9.58. The fraction of sp³-hybridized carbons (Fsp3) is 0. The predicted molar refractivity (Wildman–Crippen MR) is 258 cm³/mol. The Morgan fingerprint density at radius 2 is 0.855 bits per heavy atom. The molecule has 0 amide bonds. The highest BCUT2D eigenvalue weighted by Crippen LogP contribution is 2.44. The number of rotatable bonds is 7. The largest absolute Gasteiger partial charge is 0.456 e. The molecule has 12 rings (SSSR count). The second kappa shape index (κ2) is 14.9. The van der Waals surface area contributed by atoms with Crippen LogP contribution in [0.25, 0.3) is 121 Å². The van der Waals surface area contributed by atoms with E-state index in [0.29, 0.717) is 11.1 Å². The smallest absolute Gasteiger partial charge is 0.164 e. The Morgan fingerprint density at radius 1 is 0.339 bits per heavy atom. The number of nitrogens with zero attached hydrogens (tertiary/aromatic N) is 3. The SMILES string of the molecule is [2H]c1c([2H])c([2H])c(-c2c([2H])c([2H])c3oc4c([2H])c(-c5nc(-c6ccc(-c7ccccc7)cc6)nc(-c6ccc(-c7cccc8c7sc7c(-c9ccccc9)cccc78)cc6)n5)c([2H])c([2H])c4c3c2[2H])c([2H])c1[2H]. The lowest BCUT2D eigenvalue weighted by atomic mass is 9.99. The van der Waals surface area contributed by atoms with Crippen molar-refractivity contribution >= 4 is 53.4 Å². The van der Waals surface area contributed by atoms with Crippen LogP contribution in [0.3, 0.4) is 0 Å². The van der Waals surface area contributed by atoms with Gasteiger partial charge in [-0.25, -0.2) is 15.0 Å². The van der Waals surface area contributed by atoms with Crippen LogP contribution in [0.2, 0.25) is 0 Å². The molecule has 0 saturated heterocycles. The third-order valence-electron chi connectivity index (χ3n) is 10.9. The highest BCUT2D eigenvalue weighted by molar-refractivity contribution is 7.26. The Balaban J connectivity index is 1.02. The molecule has 0 aliphatic rings. The van der Waals surface area contributed by atoms with Crippen LogP contribution < -0.4 is 0 Å². The van der Waals surface area contributed by atoms with Crippen molar-refractivity contribution in [3.8, 4) is 78.7 Å². The third-order valence-corrected chi connectivity index (χ3v) is 12.2. The summed E-state index contributed by atoms with van der Waals surface area (Å²) in [5.41, 5.74) is 5.85. The first-order valence-electron chi connectivity index (χ1n) is 25.4. The molecular weight excluding hydrogens is 775 g/mol. The molecule has 0 bridgehead atoms. The summed E-state index contributed by atoms with van der Waals surface area (Å²) < 4.78 is 106. The number of fused-ring (bicyclic) bond motifs is 6. The van der Waals surface area contributed by atoms with Crippen LogP contribution in [0.4, 0.5) is 0 Å². The van der Waals surface area contributed by atoms with E-state index in [4.69, 9.17) is 29.0 Å². The van der Waals surface area contributed by atoms with Crippen LogP contribution in [-0.4, -0.2) is 15.0 Å². The van der Waals surface area contributed by atoms with Crippen molar-refractivity contribution in [3.63, 3.8) is 0 Å². The van der Waals surface area contributed by atoms with Gasteiger partial charge < -0.3 is 4.42 Å². The van der Waals surface area contributed by atoms with Gasteiger partial charge in [0.2, 0.25) is 0 Å². The molecule has 5 heteroatoms. The molecule has 3 heterocycles. The van der Waals surface area contributed by atoms with Gasteiger partial charge in [0.1, 0.15) is 11.2 Å². The van der Waals surface area contributed by atoms with E-state index in [1.54, 1.807) is 11.3 Å². The van der Waals surface area contributed by atoms with Gasteiger partial charge in [0.15, 0.2) is 17.5 Å². The lowest BCUT2D eigenvalue weighted by Crippen LogP contribution is -2.00. The minimum Gasteiger partial charge on any atom is -0.456 e. The highest BCUT2D eigenvalue weighted by Gasteiger charge is 2.17. The van der Waals surface area contributed by atoms with Crippen LogP contribution in [0.5, 0.6) is 0 Å². The summed E-state index contributed by atoms with van der Waals surface area (Å²) in [5.74, 6) is 0.349. The van der Waals surface area contributed by atoms with E-state index in [1.165, 1.54) is 15.6 Å². The van der Waals surface area contributed by atoms with E-state index in [-0.39, 0.29) is 45.0 Å². The van der Waals surface area contributed by atoms with Crippen LogP contribution >= 0.6 is 11.3 Å². The first-order valence-corrected chi connectivity index (χ1v) is 20.7. The first-order chi connectivity index (χ1) is 35.3. The molecule has 4 nitrogen and oxygen atoms in total. The van der Waals surface area contributed by atoms with E-state index in [0.717, 1.165) is 37.9 Å². The molecule has 3 aromatic heterocycles. The highest BCUT2D eigenvalue weighted by atomic mass is 32.1. The number of benzene rings is 9. The molecule has 0 radical (unpaired) electrons. The number of hydrogen-bond acceptors (Lipinski definition) is 5. The zero-order chi connectivity index (χ0) is 50.6. The van der Waals surface area contributed by atoms with Gasteiger partial charge in [0.05, 0.1) is 15.1 Å². The van der Waals surface area contributed by atoms with Crippen molar-refractivity contribution in [2.45, 2.75) is 0 Å². The number of aromatic nitrogens is 3. The molecule has 0 atom stereocenters. The van der Waals surface area contributed by atoms with Gasteiger partial charge in [-0.1, -0.05) is 188 Å². The maximum Gasteiger partial charge on any atom is 0.164 e. The molecule has 9 aromatic carbocycles. The molecule has 0 spiro atoms. The van der Waals surface area contributed by atoms with Crippen LogP contribution in [0, 0.1) is 0 Å². The fourth-order valence-electron chi connectivity index (χ4n) is 7.88. The second-order valence-electron chi connectivity index (χ2n) is 14.7. The van der Waals surface area contributed by atoms with Crippen molar-refractivity contribution in [2.24, 2.45) is 0 Å². The summed E-state index contributed by atoms with van der Waals surface area (Å²) in [4.78, 5) is 14.7. The lowest BCUT2D eigenvalue weighted by Gasteiger charge is -2.10. The predicted octanol–water partition coefficient (Wildman–Crippen LogP) is 15.8. The Bertz CT molecular complexity index is 4230. The fourth-order valence-corrected chi connectivity index (χ4v) is 9.25. The van der Waals surface area contributed by atoms with Gasteiger partial charge >= 0.3 is 0 Å². The molecule has 0 aliphatic heterocycles. The summed E-state index contributed by atoms with van der Waals surface area (Å²) in [7, 11) is 0. The minimum absolute atomic E-state index is 0.107. The van der Waals surface area contributed by atoms with E-state index in [2.05, 4.69) is 48.5 Å². The summed E-state index contributed by atoms with van der Waals surface area (Å²) in [5, 5.41) is 1.94. The van der Waals surface area contributed by atoms with E-state index in [9.17, 15) is 5.48 Å². The Labute approximate surface area is 377 Å². The molecular formula is C57H35N3OS. The summed E-state index contributed by atoms with van der Waals surface area (Å²) in [6.07, 6.45) is 0. The van der Waals surface area contributed by atoms with Gasteiger partial charge in [0, 0.05) is 47.6 Å². The lowest BCUT2D eigenvalue weighted by molar-refractivity contribution is 0.669. The monoisotopic (exact) mass is 820 g/mol. The normalized spacial score (nSPS) is 14.0. The molecule has 0 unspecified atom stereocenters. The first kappa shape index (κ1) is 26.3. The third kappa shape index (κ3) is 6.35. The van der Waals surface area contributed by atoms with E-state index >= 15 is 0 Å². The van der Waals surface area contributed by atoms with Gasteiger partial charge in [-0.3, -0.25) is 0 Å². The average Bonchev–Trinajstić information content (AvgIpc) is 4.04. The minimum atomic E-state index is -0.687. The van der Waals surface area contributed by atoms with E-state index < -0.39 is 77.6 Å². The summed E-state index contributed by atoms with van der Waals surface area (Å²) in [6, 6.07) is 41.9. The molecule has 12 aromatic rings. The van der Waals surface area contributed by atoms with Crippen molar-refractivity contribution in [3.05, 3.63) is 212 Å². The van der Waals surface area contributed by atoms with Crippen LogP contribution in [0.1, 0.15) is 15.1 Å². The molecule has 0 N–H and O–H groups in total. The molecule has 0 fully saturated rings. The summed E-state index contributed by atoms with van der Waals surface area (Å²) in [6.45, 7) is 0. The van der Waals surface area contributed by atoms with Crippen molar-refractivity contribution < 1.29 is 19.5 Å². The standard InChI is InChI=1S/C57H35N3OS/c1-4-12-36(13-5-1)38-22-26-41(27-23-38)55-58-56(60-57(59-55)44-30-32-47-50-34-43(37-14-6-2-7-15-37)31-33-51(50)61-52(47)35-44)42-28-24-40(25-29-42)46-19-11-21-49-48-20-10-18-45(53(48)62-54(46)49)39-16-8-3-9-17-39/h1-35H/i2D,6D,7D,14D,15D,30D,31D,32D,33D,34D,35D. The topological polar surface area (TPSA) is 51.8 Å². The Hall–Kier alpha value is -7.99. The zero-order valence-electron chi connectivity index (χ0n) is 43.5. The molecule has 0 saturated carbocycles. The van der Waals surface area contributed by atoms with Gasteiger partial charge in [-0.2, -0.15) is 0 Å². The number of hydrogen-bond donors (Lipinski definition) is 0. The van der Waals surface area contributed by atoms with Gasteiger partial charge in [-0.15, -0.1) is 11.3 Å². The maximum atomic E-state index is 9.58. The average molecular weight is 821 g/mol. The van der Waals surface area contributed by atoms with Gasteiger partial charge in [0.25, 0.3) is 0 Å². The Morgan fingerprint density at radius 3 is 1.48 bits per heavy atom. The van der Waals surface area contributed by atoms with Crippen molar-refractivity contribution in [2.75, 3.05) is 0 Å². The van der Waals surface area contributed by atoms with E-state index in [1.807, 2.05) is 97.1 Å². The van der Waals surface area contributed by atoms with Gasteiger partial charge in [-0.05, 0) is 68.7 Å². The second-order valence-corrected chi connectivity index (χ2v) is 15.7. The molecule has 62 heavy (non-hydrogen) atoms. The Kier molecular flexibility index (Phi) is 6.32. The molecule has 290 valence electrons. The zero-order valence-corrected chi connectivity index (χ0v) is 33.3. The van der Waals surface area contributed by atoms with Crippen molar-refractivity contribution in [1.29, 1.82) is 0 Å². The number of furan rings is 1. The summed E-state index contributed by atoms with van der Waals surface area (Å²) >= 11 is 1.76. The molecule has 0 aliphatic carbocycles. The van der Waals surface area contributed by atoms with Crippen LogP contribution in [0.15, 0.2) is 216 Å². The van der Waals surface area contributed by atoms with Crippen molar-refractivity contribution in [1.82, 2.24) is 15.0 Å². The van der Waals surface area contributed by atoms with Crippen LogP contribution in [-0.2, 0) is 0 Å².